The van der Waals surface area contributed by atoms with Gasteiger partial charge in [-0.25, -0.2) is 15.0 Å². The Morgan fingerprint density at radius 3 is 2.87 bits per heavy atom. The van der Waals surface area contributed by atoms with E-state index in [1.807, 2.05) is 48.2 Å². The molecule has 1 atom stereocenters. The minimum absolute atomic E-state index is 0.0344. The van der Waals surface area contributed by atoms with Crippen molar-refractivity contribution >= 4 is 23.6 Å². The van der Waals surface area contributed by atoms with Crippen LogP contribution in [0.25, 0.3) is 6.08 Å². The van der Waals surface area contributed by atoms with Gasteiger partial charge in [0.25, 0.3) is 0 Å². The zero-order valence-corrected chi connectivity index (χ0v) is 16.9. The summed E-state index contributed by atoms with van der Waals surface area (Å²) in [4.78, 5) is 32.6. The van der Waals surface area contributed by atoms with Gasteiger partial charge in [0.2, 0.25) is 5.91 Å². The van der Waals surface area contributed by atoms with Crippen molar-refractivity contribution in [2.45, 2.75) is 32.2 Å². The molecule has 0 aliphatic carbocycles. The van der Waals surface area contributed by atoms with Crippen LogP contribution in [0, 0.1) is 6.92 Å². The summed E-state index contributed by atoms with van der Waals surface area (Å²) in [6.45, 7) is 2.63. The Kier molecular flexibility index (Phi) is 6.08. The van der Waals surface area contributed by atoms with Crippen molar-refractivity contribution < 1.29 is 4.79 Å². The molecule has 3 aromatic heterocycles. The first-order chi connectivity index (χ1) is 14.7. The van der Waals surface area contributed by atoms with Crippen LogP contribution in [0.5, 0.6) is 0 Å². The highest BCUT2D eigenvalue weighted by molar-refractivity contribution is 5.92. The maximum Gasteiger partial charge on any atom is 0.247 e. The number of pyridine rings is 2. The number of nitrogens with zero attached hydrogens (tertiary/aromatic N) is 5. The third-order valence-corrected chi connectivity index (χ3v) is 4.98. The fourth-order valence-electron chi connectivity index (χ4n) is 3.57. The summed E-state index contributed by atoms with van der Waals surface area (Å²) in [5.41, 5.74) is 1.75. The molecule has 4 heterocycles. The lowest BCUT2D eigenvalue weighted by Gasteiger charge is -2.34. The third kappa shape index (κ3) is 4.86. The van der Waals surface area contributed by atoms with Crippen molar-refractivity contribution in [2.75, 3.05) is 11.9 Å². The maximum absolute atomic E-state index is 13.0. The van der Waals surface area contributed by atoms with E-state index >= 15 is 0 Å². The van der Waals surface area contributed by atoms with Gasteiger partial charge in [-0.05, 0) is 56.0 Å². The molecule has 7 nitrogen and oxygen atoms in total. The van der Waals surface area contributed by atoms with Crippen LogP contribution in [-0.4, -0.2) is 37.3 Å². The van der Waals surface area contributed by atoms with E-state index in [1.54, 1.807) is 30.7 Å². The van der Waals surface area contributed by atoms with E-state index in [9.17, 15) is 4.79 Å². The van der Waals surface area contributed by atoms with Crippen molar-refractivity contribution in [2.24, 2.45) is 0 Å². The van der Waals surface area contributed by atoms with E-state index in [2.05, 4.69) is 20.3 Å². The van der Waals surface area contributed by atoms with Crippen molar-refractivity contribution in [1.82, 2.24) is 24.8 Å². The average molecular weight is 400 g/mol. The Labute approximate surface area is 175 Å². The van der Waals surface area contributed by atoms with Crippen molar-refractivity contribution in [1.29, 1.82) is 0 Å². The van der Waals surface area contributed by atoms with Crippen LogP contribution in [0.3, 0.4) is 0 Å². The largest absolute Gasteiger partial charge is 0.329 e. The number of hydrogen-bond donors (Lipinski definition) is 1. The molecule has 1 aliphatic heterocycles. The molecular weight excluding hydrogens is 376 g/mol. The summed E-state index contributed by atoms with van der Waals surface area (Å²) in [7, 11) is 0. The number of hydrogen-bond acceptors (Lipinski definition) is 6. The zero-order valence-electron chi connectivity index (χ0n) is 16.9. The molecule has 1 N–H and O–H groups in total. The summed E-state index contributed by atoms with van der Waals surface area (Å²) >= 11 is 0. The van der Waals surface area contributed by atoms with Gasteiger partial charge in [0, 0.05) is 43.0 Å². The third-order valence-electron chi connectivity index (χ3n) is 4.98. The Balaban J connectivity index is 1.56. The first-order valence-corrected chi connectivity index (χ1v) is 10.1. The number of aromatic nitrogens is 4. The van der Waals surface area contributed by atoms with Crippen LogP contribution in [0.4, 0.5) is 11.6 Å². The lowest BCUT2D eigenvalue weighted by atomic mass is 10.0. The van der Waals surface area contributed by atoms with E-state index in [0.29, 0.717) is 18.2 Å². The van der Waals surface area contributed by atoms with Crippen LogP contribution in [0.2, 0.25) is 0 Å². The number of aryl methyl sites for hydroxylation is 1. The predicted molar refractivity (Wildman–Crippen MR) is 116 cm³/mol. The van der Waals surface area contributed by atoms with Crippen LogP contribution in [0.15, 0.2) is 61.1 Å². The first-order valence-electron chi connectivity index (χ1n) is 10.1. The molecule has 7 heteroatoms. The molecular formula is C23H24N6O. The monoisotopic (exact) mass is 400 g/mol. The summed E-state index contributed by atoms with van der Waals surface area (Å²) in [5, 5.41) is 3.23. The van der Waals surface area contributed by atoms with Crippen LogP contribution < -0.4 is 5.32 Å². The fraction of sp³-hybridized carbons (Fsp3) is 0.261. The number of rotatable bonds is 5. The van der Waals surface area contributed by atoms with E-state index in [4.69, 9.17) is 4.98 Å². The van der Waals surface area contributed by atoms with E-state index in [1.165, 1.54) is 0 Å². The second kappa shape index (κ2) is 9.26. The molecule has 1 saturated heterocycles. The summed E-state index contributed by atoms with van der Waals surface area (Å²) < 4.78 is 0. The maximum atomic E-state index is 13.0. The molecule has 0 aromatic carbocycles. The van der Waals surface area contributed by atoms with Crippen LogP contribution in [-0.2, 0) is 4.79 Å². The number of nitrogens with one attached hydrogen (secondary N) is 1. The second-order valence-corrected chi connectivity index (χ2v) is 7.26. The molecule has 30 heavy (non-hydrogen) atoms. The molecule has 0 bridgehead atoms. The molecule has 1 aliphatic rings. The van der Waals surface area contributed by atoms with E-state index in [-0.39, 0.29) is 11.9 Å². The highest BCUT2D eigenvalue weighted by atomic mass is 16.2. The Morgan fingerprint density at radius 2 is 2.07 bits per heavy atom. The predicted octanol–water partition coefficient (Wildman–Crippen LogP) is 4.09. The van der Waals surface area contributed by atoms with E-state index < -0.39 is 0 Å². The minimum atomic E-state index is -0.144. The molecule has 0 saturated carbocycles. The average Bonchev–Trinajstić information content (AvgIpc) is 2.78. The molecule has 152 valence electrons. The van der Waals surface area contributed by atoms with Crippen molar-refractivity contribution in [3.05, 3.63) is 78.1 Å². The highest BCUT2D eigenvalue weighted by Crippen LogP contribution is 2.30. The zero-order chi connectivity index (χ0) is 20.8. The van der Waals surface area contributed by atoms with Gasteiger partial charge in [-0.2, -0.15) is 0 Å². The molecule has 4 rings (SSSR count). The SMILES string of the molecule is Cc1cc(Nc2ccccn2)nc(C2CCCCN2C(=O)/C=C/c2cccnc2)n1. The van der Waals surface area contributed by atoms with Gasteiger partial charge in [0.1, 0.15) is 11.6 Å². The van der Waals surface area contributed by atoms with Gasteiger partial charge in [-0.3, -0.25) is 9.78 Å². The number of likely N-dealkylation sites (tertiary alicyclic amines) is 1. The Bertz CT molecular complexity index is 1020. The van der Waals surface area contributed by atoms with Crippen LogP contribution in [0.1, 0.15) is 42.4 Å². The van der Waals surface area contributed by atoms with Gasteiger partial charge >= 0.3 is 0 Å². The molecule has 0 radical (unpaired) electrons. The van der Waals surface area contributed by atoms with Gasteiger partial charge in [-0.15, -0.1) is 0 Å². The summed E-state index contributed by atoms with van der Waals surface area (Å²) in [6, 6.07) is 11.2. The Hall–Kier alpha value is -3.61. The topological polar surface area (TPSA) is 83.9 Å². The van der Waals surface area contributed by atoms with Crippen molar-refractivity contribution in [3.8, 4) is 0 Å². The number of anilines is 2. The van der Waals surface area contributed by atoms with Gasteiger partial charge in [-0.1, -0.05) is 12.1 Å². The summed E-state index contributed by atoms with van der Waals surface area (Å²) in [5.74, 6) is 2.03. The molecule has 3 aromatic rings. The van der Waals surface area contributed by atoms with Crippen LogP contribution >= 0.6 is 0 Å². The number of amides is 1. The smallest absolute Gasteiger partial charge is 0.247 e. The molecule has 1 fully saturated rings. The van der Waals surface area contributed by atoms with Gasteiger partial charge < -0.3 is 10.2 Å². The molecule has 1 amide bonds. The second-order valence-electron chi connectivity index (χ2n) is 7.26. The highest BCUT2D eigenvalue weighted by Gasteiger charge is 2.29. The number of carbonyl (C=O) groups is 1. The van der Waals surface area contributed by atoms with E-state index in [0.717, 1.165) is 36.3 Å². The number of carbonyl (C=O) groups excluding carboxylic acids is 1. The Morgan fingerprint density at radius 1 is 1.13 bits per heavy atom. The first kappa shape index (κ1) is 19.7. The van der Waals surface area contributed by atoms with Crippen molar-refractivity contribution in [3.63, 3.8) is 0 Å². The van der Waals surface area contributed by atoms with Gasteiger partial charge in [0.05, 0.1) is 6.04 Å². The van der Waals surface area contributed by atoms with Gasteiger partial charge in [0.15, 0.2) is 5.82 Å². The lowest BCUT2D eigenvalue weighted by Crippen LogP contribution is -2.38. The molecule has 0 spiro atoms. The normalized spacial score (nSPS) is 16.6. The molecule has 1 unspecified atom stereocenters. The number of piperidine rings is 1. The fourth-order valence-corrected chi connectivity index (χ4v) is 3.57. The summed E-state index contributed by atoms with van der Waals surface area (Å²) in [6.07, 6.45) is 11.5. The quantitative estimate of drug-likeness (QED) is 0.650. The minimum Gasteiger partial charge on any atom is -0.329 e. The standard InChI is InChI=1S/C23H24N6O/c1-17-15-21(27-20-9-2-4-13-25-20)28-23(26-17)19-8-3-5-14-29(19)22(30)11-10-18-7-6-12-24-16-18/h2,4,6-7,9-13,15-16,19H,3,5,8,14H2,1H3,(H,25,26,27,28)/b11-10+. The lowest BCUT2D eigenvalue weighted by molar-refractivity contribution is -0.129.